The Morgan fingerprint density at radius 3 is 2.91 bits per heavy atom. The quantitative estimate of drug-likeness (QED) is 0.350. The fourth-order valence-corrected chi connectivity index (χ4v) is 5.93. The lowest BCUT2D eigenvalue weighted by molar-refractivity contribution is -0.759. The zero-order valence-corrected chi connectivity index (χ0v) is 20.5. The lowest BCUT2D eigenvalue weighted by atomic mass is 9.69. The largest absolute Gasteiger partial charge is 0.857 e. The number of fused-ring (bicyclic) bond motifs is 2. The van der Waals surface area contributed by atoms with Gasteiger partial charge in [0.05, 0.1) is 28.4 Å². The molecule has 0 amide bonds. The van der Waals surface area contributed by atoms with Crippen molar-refractivity contribution in [3.63, 3.8) is 0 Å². The second-order valence-electron chi connectivity index (χ2n) is 9.97. The lowest BCUT2D eigenvalue weighted by Crippen LogP contribution is -2.60. The lowest BCUT2D eigenvalue weighted by Gasteiger charge is -2.36. The summed E-state index contributed by atoms with van der Waals surface area (Å²) in [6.45, 7) is 8.80. The Hall–Kier alpha value is -2.68. The zero-order chi connectivity index (χ0) is 23.2. The molecule has 2 aliphatic rings. The van der Waals surface area contributed by atoms with Gasteiger partial charge in [-0.05, 0) is 61.5 Å². The van der Waals surface area contributed by atoms with Gasteiger partial charge in [-0.1, -0.05) is 27.2 Å². The Morgan fingerprint density at radius 2 is 2.15 bits per heavy atom. The Morgan fingerprint density at radius 1 is 1.36 bits per heavy atom. The molecule has 1 aliphatic carbocycles. The highest BCUT2D eigenvalue weighted by Crippen LogP contribution is 2.42. The maximum atomic E-state index is 13.0. The normalized spacial score (nSPS) is 19.8. The van der Waals surface area contributed by atoms with Crippen LogP contribution in [0.3, 0.4) is 0 Å². The summed E-state index contributed by atoms with van der Waals surface area (Å²) in [6.07, 6.45) is 9.41. The second-order valence-corrected chi connectivity index (χ2v) is 11.0. The van der Waals surface area contributed by atoms with Gasteiger partial charge in [-0.15, -0.1) is 11.3 Å². The maximum Gasteiger partial charge on any atom is 0.324 e. The van der Waals surface area contributed by atoms with Gasteiger partial charge in [-0.3, -0.25) is 4.52 Å². The molecule has 0 saturated carbocycles. The molecule has 0 spiro atoms. The molecular formula is C24H32N6O2S. The van der Waals surface area contributed by atoms with Crippen molar-refractivity contribution < 1.29 is 14.4 Å². The van der Waals surface area contributed by atoms with Gasteiger partial charge in [-0.25, -0.2) is 9.98 Å². The molecule has 176 valence electrons. The van der Waals surface area contributed by atoms with E-state index >= 15 is 0 Å². The minimum atomic E-state index is -0.416. The van der Waals surface area contributed by atoms with Crippen LogP contribution in [0.5, 0.6) is 0 Å². The van der Waals surface area contributed by atoms with Gasteiger partial charge in [0.15, 0.2) is 0 Å². The van der Waals surface area contributed by atoms with E-state index in [0.29, 0.717) is 21.9 Å². The Labute approximate surface area is 198 Å². The molecule has 0 aromatic carbocycles. The second kappa shape index (κ2) is 8.59. The molecule has 1 unspecified atom stereocenters. The van der Waals surface area contributed by atoms with Crippen LogP contribution in [0.1, 0.15) is 69.0 Å². The number of aromatic nitrogens is 3. The van der Waals surface area contributed by atoms with Crippen molar-refractivity contribution in [1.82, 2.24) is 10.3 Å². The first-order valence-electron chi connectivity index (χ1n) is 12.0. The van der Waals surface area contributed by atoms with E-state index in [1.165, 1.54) is 23.3 Å². The summed E-state index contributed by atoms with van der Waals surface area (Å²) in [5, 5.41) is 19.9. The predicted octanol–water partition coefficient (Wildman–Crippen LogP) is 3.26. The molecule has 2 N–H and O–H groups in total. The van der Waals surface area contributed by atoms with E-state index in [9.17, 15) is 5.11 Å². The molecule has 3 aromatic heterocycles. The fraction of sp³-hybridized carbons (Fsp3) is 0.583. The molecule has 4 heterocycles. The van der Waals surface area contributed by atoms with Gasteiger partial charge >= 0.3 is 5.88 Å². The van der Waals surface area contributed by atoms with E-state index < -0.39 is 5.90 Å². The smallest absolute Gasteiger partial charge is 0.324 e. The highest BCUT2D eigenvalue weighted by molar-refractivity contribution is 7.21. The molecule has 1 fully saturated rings. The predicted molar refractivity (Wildman–Crippen MR) is 128 cm³/mol. The molecule has 9 heteroatoms. The number of pyridine rings is 1. The van der Waals surface area contributed by atoms with E-state index in [2.05, 4.69) is 42.1 Å². The van der Waals surface area contributed by atoms with Crippen LogP contribution in [0, 0.1) is 11.3 Å². The number of aryl methyl sites for hydroxylation is 1. The van der Waals surface area contributed by atoms with Crippen molar-refractivity contribution in [3.8, 4) is 0 Å². The Balaban J connectivity index is 1.42. The first kappa shape index (κ1) is 22.1. The van der Waals surface area contributed by atoms with Crippen molar-refractivity contribution >= 4 is 39.0 Å². The van der Waals surface area contributed by atoms with Crippen LogP contribution >= 0.6 is 11.3 Å². The van der Waals surface area contributed by atoms with Gasteiger partial charge in [0.1, 0.15) is 4.83 Å². The molecule has 5 rings (SSSR count). The van der Waals surface area contributed by atoms with Crippen LogP contribution < -0.4 is 20.6 Å². The van der Waals surface area contributed by atoms with Crippen LogP contribution in [0.4, 0.5) is 11.6 Å². The summed E-state index contributed by atoms with van der Waals surface area (Å²) in [5.74, 6) is 0.392. The highest BCUT2D eigenvalue weighted by atomic mass is 32.1. The number of aliphatic imine (C=N–C) groups is 1. The van der Waals surface area contributed by atoms with Crippen molar-refractivity contribution in [3.05, 3.63) is 28.4 Å². The topological polar surface area (TPSA) is 107 Å². The number of hydrogen-bond donors (Lipinski definition) is 1. The first-order valence-corrected chi connectivity index (χ1v) is 12.8. The molecule has 0 radical (unpaired) electrons. The zero-order valence-electron chi connectivity index (χ0n) is 19.6. The maximum absolute atomic E-state index is 13.0. The number of rotatable bonds is 5. The average Bonchev–Trinajstić information content (AvgIpc) is 3.42. The van der Waals surface area contributed by atoms with Crippen molar-refractivity contribution in [1.29, 1.82) is 0 Å². The van der Waals surface area contributed by atoms with Crippen LogP contribution in [0.2, 0.25) is 0 Å². The summed E-state index contributed by atoms with van der Waals surface area (Å²) < 4.78 is 5.29. The number of anilines is 1. The standard InChI is InChI=1S/C24H32N6O2S/c1-4-24(2,3)16-8-9-18-15(12-16)13-17-20(25)21(33-23(17)26-18)22(31)27-19-14-30(28-32-19)29-10-6-5-7-11-29/h13-14,16H,4-12H2,1-3H3,(H2-,25,27,28,31). The average molecular weight is 469 g/mol. The van der Waals surface area contributed by atoms with E-state index in [4.69, 9.17) is 15.2 Å². The molecule has 1 saturated heterocycles. The fourth-order valence-electron chi connectivity index (χ4n) is 4.95. The van der Waals surface area contributed by atoms with Gasteiger partial charge in [0, 0.05) is 17.0 Å². The van der Waals surface area contributed by atoms with Crippen LogP contribution in [0.25, 0.3) is 10.2 Å². The van der Waals surface area contributed by atoms with Crippen LogP contribution in [-0.4, -0.2) is 29.2 Å². The summed E-state index contributed by atoms with van der Waals surface area (Å²) >= 11 is 1.31. The number of thiophene rings is 1. The molecule has 3 aromatic rings. The molecule has 33 heavy (non-hydrogen) atoms. The molecule has 8 nitrogen and oxygen atoms in total. The minimum absolute atomic E-state index is 0.180. The number of nitrogen functional groups attached to an aromatic ring is 1. The SMILES string of the molecule is CCC(C)(C)C1CCc2nc3sc(/C([O-])=N/c4c[n+](N5CCCCC5)no4)c(N)c3cc2C1. The summed E-state index contributed by atoms with van der Waals surface area (Å²) in [4.78, 5) is 11.9. The summed E-state index contributed by atoms with van der Waals surface area (Å²) in [6, 6.07) is 2.15. The monoisotopic (exact) mass is 468 g/mol. The number of piperidine rings is 1. The first-order chi connectivity index (χ1) is 15.9. The summed E-state index contributed by atoms with van der Waals surface area (Å²) in [7, 11) is 0. The third-order valence-electron chi connectivity index (χ3n) is 7.57. The number of hydrogen-bond acceptors (Lipinski definition) is 8. The van der Waals surface area contributed by atoms with Crippen LogP contribution in [0.15, 0.2) is 21.8 Å². The van der Waals surface area contributed by atoms with Gasteiger partial charge in [0.2, 0.25) is 5.27 Å². The van der Waals surface area contributed by atoms with Crippen LogP contribution in [-0.2, 0) is 12.8 Å². The van der Waals surface area contributed by atoms with Gasteiger partial charge < -0.3 is 10.8 Å². The highest BCUT2D eigenvalue weighted by Gasteiger charge is 2.32. The van der Waals surface area contributed by atoms with Gasteiger partial charge in [-0.2, -0.15) is 5.01 Å². The minimum Gasteiger partial charge on any atom is -0.857 e. The Kier molecular flexibility index (Phi) is 5.76. The van der Waals surface area contributed by atoms with E-state index in [-0.39, 0.29) is 5.88 Å². The summed E-state index contributed by atoms with van der Waals surface area (Å²) in [5.41, 5.74) is 9.59. The van der Waals surface area contributed by atoms with E-state index in [1.54, 1.807) is 11.0 Å². The number of nitrogens with two attached hydrogens (primary N) is 1. The van der Waals surface area contributed by atoms with E-state index in [1.807, 2.05) is 0 Å². The Bertz CT molecular complexity index is 1190. The van der Waals surface area contributed by atoms with Crippen molar-refractivity contribution in [2.24, 2.45) is 16.3 Å². The van der Waals surface area contributed by atoms with Gasteiger partial charge in [0.25, 0.3) is 6.20 Å². The van der Waals surface area contributed by atoms with Crippen molar-refractivity contribution in [2.75, 3.05) is 23.8 Å². The third kappa shape index (κ3) is 4.18. The number of nitrogens with zero attached hydrogens (tertiary/aromatic N) is 5. The van der Waals surface area contributed by atoms with Crippen molar-refractivity contribution in [2.45, 2.75) is 65.7 Å². The molecular weight excluding hydrogens is 436 g/mol. The van der Waals surface area contributed by atoms with E-state index in [0.717, 1.165) is 67.5 Å². The molecule has 1 aliphatic heterocycles. The molecule has 1 atom stereocenters. The third-order valence-corrected chi connectivity index (χ3v) is 8.68. The molecule has 0 bridgehead atoms.